The Hall–Kier alpha value is -0.650. The molecule has 0 aromatic heterocycles. The second-order valence-corrected chi connectivity index (χ2v) is 4.85. The van der Waals surface area contributed by atoms with Crippen LogP contribution in [-0.4, -0.2) is 67.2 Å². The van der Waals surface area contributed by atoms with E-state index in [1.807, 2.05) is 4.90 Å². The van der Waals surface area contributed by atoms with Crippen molar-refractivity contribution in [3.05, 3.63) is 0 Å². The minimum Gasteiger partial charge on any atom is -0.378 e. The van der Waals surface area contributed by atoms with Gasteiger partial charge in [0.25, 0.3) is 0 Å². The first-order chi connectivity index (χ1) is 8.26. The average molecular weight is 241 g/mol. The normalized spacial score (nSPS) is 25.9. The Morgan fingerprint density at radius 1 is 1.53 bits per heavy atom. The van der Waals surface area contributed by atoms with Crippen LogP contribution in [0.25, 0.3) is 0 Å². The number of nitrogens with zero attached hydrogens (tertiary/aromatic N) is 2. The minimum atomic E-state index is 0.200. The standard InChI is InChI=1S/C12H23N3O2/c1-2-15(10-3-4-10)12(16)8-14-5-6-17-9-11(14)7-13/h10-11H,2-9,13H2,1H3. The summed E-state index contributed by atoms with van der Waals surface area (Å²) in [6.45, 7) is 6.10. The number of hydrogen-bond donors (Lipinski definition) is 1. The van der Waals surface area contributed by atoms with Crippen LogP contribution in [0, 0.1) is 0 Å². The molecule has 1 unspecified atom stereocenters. The molecular formula is C12H23N3O2. The zero-order chi connectivity index (χ0) is 12.3. The van der Waals surface area contributed by atoms with Crippen LogP contribution in [-0.2, 0) is 9.53 Å². The van der Waals surface area contributed by atoms with Crippen molar-refractivity contribution in [3.8, 4) is 0 Å². The monoisotopic (exact) mass is 241 g/mol. The number of ether oxygens (including phenoxy) is 1. The van der Waals surface area contributed by atoms with Crippen molar-refractivity contribution in [1.82, 2.24) is 9.80 Å². The SMILES string of the molecule is CCN(C(=O)CN1CCOCC1CN)C1CC1. The molecular weight excluding hydrogens is 218 g/mol. The molecule has 1 amide bonds. The molecule has 17 heavy (non-hydrogen) atoms. The highest BCUT2D eigenvalue weighted by molar-refractivity contribution is 5.79. The highest BCUT2D eigenvalue weighted by Crippen LogP contribution is 2.26. The summed E-state index contributed by atoms with van der Waals surface area (Å²) >= 11 is 0. The van der Waals surface area contributed by atoms with Gasteiger partial charge in [0.15, 0.2) is 0 Å². The summed E-state index contributed by atoms with van der Waals surface area (Å²) in [6, 6.07) is 0.704. The molecule has 1 heterocycles. The smallest absolute Gasteiger partial charge is 0.237 e. The van der Waals surface area contributed by atoms with Crippen molar-refractivity contribution in [2.75, 3.05) is 39.4 Å². The predicted octanol–water partition coefficient (Wildman–Crippen LogP) is -0.343. The Bertz CT molecular complexity index is 268. The quantitative estimate of drug-likeness (QED) is 0.715. The van der Waals surface area contributed by atoms with E-state index in [4.69, 9.17) is 10.5 Å². The topological polar surface area (TPSA) is 58.8 Å². The van der Waals surface area contributed by atoms with Gasteiger partial charge in [-0.2, -0.15) is 0 Å². The van der Waals surface area contributed by atoms with E-state index >= 15 is 0 Å². The second kappa shape index (κ2) is 5.80. The van der Waals surface area contributed by atoms with Crippen LogP contribution in [0.3, 0.4) is 0 Å². The van der Waals surface area contributed by atoms with E-state index in [-0.39, 0.29) is 11.9 Å². The predicted molar refractivity (Wildman–Crippen MR) is 65.6 cm³/mol. The molecule has 0 aromatic carbocycles. The van der Waals surface area contributed by atoms with Crippen molar-refractivity contribution in [3.63, 3.8) is 0 Å². The maximum absolute atomic E-state index is 12.2. The van der Waals surface area contributed by atoms with E-state index in [2.05, 4.69) is 11.8 Å². The van der Waals surface area contributed by atoms with E-state index in [0.717, 1.165) is 13.1 Å². The zero-order valence-electron chi connectivity index (χ0n) is 10.6. The Morgan fingerprint density at radius 3 is 2.88 bits per heavy atom. The molecule has 0 radical (unpaired) electrons. The van der Waals surface area contributed by atoms with Gasteiger partial charge in [-0.25, -0.2) is 0 Å². The van der Waals surface area contributed by atoms with Crippen molar-refractivity contribution in [2.24, 2.45) is 5.73 Å². The van der Waals surface area contributed by atoms with Gasteiger partial charge in [-0.15, -0.1) is 0 Å². The highest BCUT2D eigenvalue weighted by atomic mass is 16.5. The third-order valence-corrected chi connectivity index (χ3v) is 3.61. The van der Waals surface area contributed by atoms with Crippen LogP contribution in [0.4, 0.5) is 0 Å². The molecule has 1 atom stereocenters. The Labute approximate surface area is 103 Å². The van der Waals surface area contributed by atoms with Crippen LogP contribution in [0.5, 0.6) is 0 Å². The first-order valence-corrected chi connectivity index (χ1v) is 6.57. The summed E-state index contributed by atoms with van der Waals surface area (Å²) < 4.78 is 5.38. The molecule has 1 saturated heterocycles. The fourth-order valence-corrected chi connectivity index (χ4v) is 2.40. The number of amides is 1. The third kappa shape index (κ3) is 3.18. The van der Waals surface area contributed by atoms with E-state index in [1.54, 1.807) is 0 Å². The van der Waals surface area contributed by atoms with Gasteiger partial charge in [0.05, 0.1) is 19.8 Å². The molecule has 0 bridgehead atoms. The summed E-state index contributed by atoms with van der Waals surface area (Å²) in [5.41, 5.74) is 5.70. The molecule has 5 nitrogen and oxygen atoms in total. The lowest BCUT2D eigenvalue weighted by atomic mass is 10.2. The molecule has 2 fully saturated rings. The molecule has 5 heteroatoms. The van der Waals surface area contributed by atoms with Crippen molar-refractivity contribution < 1.29 is 9.53 Å². The number of rotatable bonds is 5. The minimum absolute atomic E-state index is 0.200. The number of hydrogen-bond acceptors (Lipinski definition) is 4. The van der Waals surface area contributed by atoms with Gasteiger partial charge in [0.2, 0.25) is 5.91 Å². The Morgan fingerprint density at radius 2 is 2.29 bits per heavy atom. The zero-order valence-corrected chi connectivity index (χ0v) is 10.6. The lowest BCUT2D eigenvalue weighted by molar-refractivity contribution is -0.135. The van der Waals surface area contributed by atoms with Crippen molar-refractivity contribution in [1.29, 1.82) is 0 Å². The number of carbonyl (C=O) groups excluding carboxylic acids is 1. The van der Waals surface area contributed by atoms with Gasteiger partial charge in [-0.05, 0) is 19.8 Å². The maximum atomic E-state index is 12.2. The largest absolute Gasteiger partial charge is 0.378 e. The first-order valence-electron chi connectivity index (χ1n) is 6.57. The van der Waals surface area contributed by atoms with E-state index < -0.39 is 0 Å². The van der Waals surface area contributed by atoms with Crippen molar-refractivity contribution in [2.45, 2.75) is 31.8 Å². The molecule has 2 rings (SSSR count). The van der Waals surface area contributed by atoms with Crippen LogP contribution < -0.4 is 5.73 Å². The molecule has 0 spiro atoms. The van der Waals surface area contributed by atoms with E-state index in [1.165, 1.54) is 12.8 Å². The van der Waals surface area contributed by atoms with Gasteiger partial charge < -0.3 is 15.4 Å². The fraction of sp³-hybridized carbons (Fsp3) is 0.917. The van der Waals surface area contributed by atoms with Gasteiger partial charge in [-0.3, -0.25) is 9.69 Å². The molecule has 2 aliphatic rings. The second-order valence-electron chi connectivity index (χ2n) is 4.85. The molecule has 1 aliphatic heterocycles. The maximum Gasteiger partial charge on any atom is 0.237 e. The first kappa shape index (κ1) is 12.8. The van der Waals surface area contributed by atoms with Crippen LogP contribution in [0.2, 0.25) is 0 Å². The summed E-state index contributed by atoms with van der Waals surface area (Å²) in [5, 5.41) is 0. The Balaban J connectivity index is 1.87. The third-order valence-electron chi connectivity index (χ3n) is 3.61. The fourth-order valence-electron chi connectivity index (χ4n) is 2.40. The lowest BCUT2D eigenvalue weighted by Gasteiger charge is -2.35. The summed E-state index contributed by atoms with van der Waals surface area (Å²) in [5.74, 6) is 0.246. The number of carbonyl (C=O) groups is 1. The molecule has 1 aliphatic carbocycles. The van der Waals surface area contributed by atoms with Gasteiger partial charge in [0, 0.05) is 31.7 Å². The van der Waals surface area contributed by atoms with Crippen LogP contribution in [0.1, 0.15) is 19.8 Å². The average Bonchev–Trinajstić information content (AvgIpc) is 3.15. The van der Waals surface area contributed by atoms with E-state index in [9.17, 15) is 4.79 Å². The molecule has 2 N–H and O–H groups in total. The molecule has 1 saturated carbocycles. The van der Waals surface area contributed by atoms with E-state index in [0.29, 0.717) is 32.3 Å². The highest BCUT2D eigenvalue weighted by Gasteiger charge is 2.33. The Kier molecular flexibility index (Phi) is 4.36. The van der Waals surface area contributed by atoms with Gasteiger partial charge in [-0.1, -0.05) is 0 Å². The van der Waals surface area contributed by atoms with Crippen molar-refractivity contribution >= 4 is 5.91 Å². The summed E-state index contributed by atoms with van der Waals surface area (Å²) in [4.78, 5) is 16.4. The van der Waals surface area contributed by atoms with Gasteiger partial charge >= 0.3 is 0 Å². The molecule has 98 valence electrons. The van der Waals surface area contributed by atoms with Gasteiger partial charge in [0.1, 0.15) is 0 Å². The van der Waals surface area contributed by atoms with Crippen LogP contribution >= 0.6 is 0 Å². The summed E-state index contributed by atoms with van der Waals surface area (Å²) in [7, 11) is 0. The number of nitrogens with two attached hydrogens (primary N) is 1. The number of likely N-dealkylation sites (N-methyl/N-ethyl adjacent to an activating group) is 1. The molecule has 0 aromatic rings. The number of morpholine rings is 1. The summed E-state index contributed by atoms with van der Waals surface area (Å²) in [6.07, 6.45) is 2.34. The lowest BCUT2D eigenvalue weighted by Crippen LogP contribution is -2.53. The van der Waals surface area contributed by atoms with Crippen LogP contribution in [0.15, 0.2) is 0 Å².